The van der Waals surface area contributed by atoms with Crippen molar-refractivity contribution in [1.82, 2.24) is 0 Å². The summed E-state index contributed by atoms with van der Waals surface area (Å²) in [6, 6.07) is 37.7. The summed E-state index contributed by atoms with van der Waals surface area (Å²) in [6.07, 6.45) is -1.29. The normalized spacial score (nSPS) is 11.4. The molecule has 138 valence electrons. The van der Waals surface area contributed by atoms with E-state index in [4.69, 9.17) is 0 Å². The molecule has 0 saturated carbocycles. The summed E-state index contributed by atoms with van der Waals surface area (Å²) in [5.74, 6) is 0. The molecule has 0 aliphatic heterocycles. The molecule has 0 nitrogen and oxygen atoms in total. The van der Waals surface area contributed by atoms with Gasteiger partial charge in [-0.25, -0.2) is 0 Å². The van der Waals surface area contributed by atoms with Gasteiger partial charge in [0.05, 0.1) is 0 Å². The summed E-state index contributed by atoms with van der Waals surface area (Å²) < 4.78 is 0. The third-order valence-corrected chi connectivity index (χ3v) is 6.26. The first-order chi connectivity index (χ1) is 13.7. The predicted octanol–water partition coefficient (Wildman–Crippen LogP) is 3.99. The zero-order chi connectivity index (χ0) is 19.6. The SMILES string of the molecule is Cc1ccccc1[B-](c1ccccc1)(c1ccccc1C)c1ccccc1C. The second-order valence-corrected chi connectivity index (χ2v) is 7.85. The summed E-state index contributed by atoms with van der Waals surface area (Å²) in [5.41, 5.74) is 9.56. The van der Waals surface area contributed by atoms with E-state index in [2.05, 4.69) is 124 Å². The van der Waals surface area contributed by atoms with E-state index in [-0.39, 0.29) is 0 Å². The van der Waals surface area contributed by atoms with E-state index in [9.17, 15) is 0 Å². The summed E-state index contributed by atoms with van der Waals surface area (Å²) in [7, 11) is 0. The van der Waals surface area contributed by atoms with Crippen LogP contribution in [0.5, 0.6) is 0 Å². The molecule has 0 radical (unpaired) electrons. The Bertz CT molecular complexity index is 985. The topological polar surface area (TPSA) is 0 Å². The molecule has 0 N–H and O–H groups in total. The maximum Gasteiger partial charge on any atom is 0.109 e. The fourth-order valence-corrected chi connectivity index (χ4v) is 5.00. The van der Waals surface area contributed by atoms with Crippen molar-refractivity contribution in [2.45, 2.75) is 20.8 Å². The van der Waals surface area contributed by atoms with Gasteiger partial charge in [0, 0.05) is 0 Å². The van der Waals surface area contributed by atoms with Crippen molar-refractivity contribution in [2.24, 2.45) is 0 Å². The maximum absolute atomic E-state index is 2.32. The average Bonchev–Trinajstić information content (AvgIpc) is 2.73. The minimum atomic E-state index is -1.29. The first-order valence-corrected chi connectivity index (χ1v) is 10.0. The average molecular weight is 361 g/mol. The van der Waals surface area contributed by atoms with Crippen molar-refractivity contribution >= 4 is 28.0 Å². The van der Waals surface area contributed by atoms with Crippen LogP contribution < -0.4 is 21.9 Å². The zero-order valence-corrected chi connectivity index (χ0v) is 16.9. The van der Waals surface area contributed by atoms with Crippen molar-refractivity contribution in [3.63, 3.8) is 0 Å². The summed E-state index contributed by atoms with van der Waals surface area (Å²) >= 11 is 0. The highest BCUT2D eigenvalue weighted by atomic mass is 14.1. The molecular formula is C27H26B-. The van der Waals surface area contributed by atoms with E-state index in [1.165, 1.54) is 38.5 Å². The maximum atomic E-state index is 2.32. The van der Waals surface area contributed by atoms with Crippen molar-refractivity contribution in [3.8, 4) is 0 Å². The molecule has 28 heavy (non-hydrogen) atoms. The molecule has 4 aromatic rings. The van der Waals surface area contributed by atoms with Gasteiger partial charge in [-0.1, -0.05) is 120 Å². The molecule has 0 aliphatic rings. The molecule has 0 bridgehead atoms. The van der Waals surface area contributed by atoms with E-state index < -0.39 is 6.15 Å². The molecule has 0 spiro atoms. The van der Waals surface area contributed by atoms with Gasteiger partial charge in [0.15, 0.2) is 0 Å². The van der Waals surface area contributed by atoms with Crippen LogP contribution in [0.2, 0.25) is 0 Å². The van der Waals surface area contributed by atoms with Gasteiger partial charge in [0.25, 0.3) is 0 Å². The van der Waals surface area contributed by atoms with E-state index in [1.807, 2.05) is 0 Å². The van der Waals surface area contributed by atoms with E-state index in [0.717, 1.165) is 0 Å². The Kier molecular flexibility index (Phi) is 4.92. The van der Waals surface area contributed by atoms with E-state index in [1.54, 1.807) is 0 Å². The molecule has 1 heteroatoms. The Hall–Kier alpha value is -3.06. The lowest BCUT2D eigenvalue weighted by molar-refractivity contribution is 1.46. The summed E-state index contributed by atoms with van der Waals surface area (Å²) in [4.78, 5) is 0. The van der Waals surface area contributed by atoms with Gasteiger partial charge in [0.1, 0.15) is 6.15 Å². The van der Waals surface area contributed by atoms with Crippen LogP contribution in [0.3, 0.4) is 0 Å². The molecule has 0 atom stereocenters. The van der Waals surface area contributed by atoms with Gasteiger partial charge in [-0.05, 0) is 20.8 Å². The number of aryl methyl sites for hydroxylation is 3. The van der Waals surface area contributed by atoms with Gasteiger partial charge in [-0.2, -0.15) is 21.9 Å². The van der Waals surface area contributed by atoms with Gasteiger partial charge >= 0.3 is 0 Å². The molecule has 0 aliphatic carbocycles. The predicted molar refractivity (Wildman–Crippen MR) is 124 cm³/mol. The van der Waals surface area contributed by atoms with E-state index in [0.29, 0.717) is 0 Å². The highest BCUT2D eigenvalue weighted by molar-refractivity contribution is 7.20. The van der Waals surface area contributed by atoms with Crippen molar-refractivity contribution in [3.05, 3.63) is 120 Å². The number of rotatable bonds is 4. The standard InChI is InChI=1S/C27H26B/c1-21-13-7-10-18-25(21)28(24-16-5-4-6-17-24,26-19-11-8-14-22(26)2)27-20-12-9-15-23(27)3/h4-20H,1-3H3/q-1. The zero-order valence-electron chi connectivity index (χ0n) is 16.9. The molecule has 0 fully saturated rings. The van der Waals surface area contributed by atoms with Crippen LogP contribution in [0.1, 0.15) is 16.7 Å². The highest BCUT2D eigenvalue weighted by Gasteiger charge is 2.34. The summed E-state index contributed by atoms with van der Waals surface area (Å²) in [5, 5.41) is 0. The van der Waals surface area contributed by atoms with Crippen LogP contribution in [-0.2, 0) is 0 Å². The quantitative estimate of drug-likeness (QED) is 0.482. The lowest BCUT2D eigenvalue weighted by Gasteiger charge is -2.47. The molecular weight excluding hydrogens is 335 g/mol. The van der Waals surface area contributed by atoms with Gasteiger partial charge < -0.3 is 0 Å². The van der Waals surface area contributed by atoms with Gasteiger partial charge in [-0.15, -0.1) is 0 Å². The van der Waals surface area contributed by atoms with Crippen molar-refractivity contribution in [1.29, 1.82) is 0 Å². The fourth-order valence-electron chi connectivity index (χ4n) is 5.00. The Morgan fingerprint density at radius 3 is 1.07 bits per heavy atom. The van der Waals surface area contributed by atoms with Gasteiger partial charge in [-0.3, -0.25) is 0 Å². The highest BCUT2D eigenvalue weighted by Crippen LogP contribution is 2.15. The second kappa shape index (κ2) is 7.52. The lowest BCUT2D eigenvalue weighted by Crippen LogP contribution is -2.76. The van der Waals surface area contributed by atoms with Crippen LogP contribution in [0.15, 0.2) is 103 Å². The molecule has 0 heterocycles. The van der Waals surface area contributed by atoms with Crippen molar-refractivity contribution in [2.75, 3.05) is 0 Å². The molecule has 0 aromatic heterocycles. The Balaban J connectivity index is 2.24. The smallest absolute Gasteiger partial charge is 0.109 e. The number of benzene rings is 4. The first kappa shape index (κ1) is 18.3. The number of hydrogen-bond donors (Lipinski definition) is 0. The number of hydrogen-bond acceptors (Lipinski definition) is 0. The van der Waals surface area contributed by atoms with Gasteiger partial charge in [0.2, 0.25) is 0 Å². The minimum absolute atomic E-state index is 1.29. The van der Waals surface area contributed by atoms with Crippen LogP contribution in [0.25, 0.3) is 0 Å². The minimum Gasteiger partial charge on any atom is -0.195 e. The molecule has 4 rings (SSSR count). The second-order valence-electron chi connectivity index (χ2n) is 7.85. The Morgan fingerprint density at radius 2 is 0.714 bits per heavy atom. The van der Waals surface area contributed by atoms with E-state index >= 15 is 0 Å². The third-order valence-electron chi connectivity index (χ3n) is 6.26. The molecule has 0 unspecified atom stereocenters. The van der Waals surface area contributed by atoms with Crippen LogP contribution in [0.4, 0.5) is 0 Å². The molecule has 0 saturated heterocycles. The summed E-state index contributed by atoms with van der Waals surface area (Å²) in [6.45, 7) is 6.72. The van der Waals surface area contributed by atoms with Crippen LogP contribution in [-0.4, -0.2) is 6.15 Å². The van der Waals surface area contributed by atoms with Crippen LogP contribution in [0, 0.1) is 20.8 Å². The Morgan fingerprint density at radius 1 is 0.393 bits per heavy atom. The molecule has 0 amide bonds. The fraction of sp³-hybridized carbons (Fsp3) is 0.111. The first-order valence-electron chi connectivity index (χ1n) is 10.0. The van der Waals surface area contributed by atoms with Crippen LogP contribution >= 0.6 is 0 Å². The van der Waals surface area contributed by atoms with Crippen molar-refractivity contribution < 1.29 is 0 Å². The lowest BCUT2D eigenvalue weighted by atomic mass is 9.12. The molecule has 4 aromatic carbocycles. The Labute approximate surface area is 168 Å². The largest absolute Gasteiger partial charge is 0.195 e. The third kappa shape index (κ3) is 2.88. The monoisotopic (exact) mass is 361 g/mol.